The first-order valence-electron chi connectivity index (χ1n) is 5.29. The van der Waals surface area contributed by atoms with Gasteiger partial charge in [-0.25, -0.2) is 0 Å². The van der Waals surface area contributed by atoms with Crippen LogP contribution < -0.4 is 5.32 Å². The predicted molar refractivity (Wildman–Crippen MR) is 71.0 cm³/mol. The molecule has 2 nitrogen and oxygen atoms in total. The molecule has 0 saturated carbocycles. The first-order chi connectivity index (χ1) is 7.58. The van der Waals surface area contributed by atoms with Crippen LogP contribution in [0.2, 0.25) is 0 Å². The van der Waals surface area contributed by atoms with Crippen LogP contribution in [-0.4, -0.2) is 12.5 Å². The average Bonchev–Trinajstić information content (AvgIpc) is 2.25. The normalized spacial score (nSPS) is 11.0. The van der Waals surface area contributed by atoms with Crippen molar-refractivity contribution in [3.8, 4) is 0 Å². The zero-order chi connectivity index (χ0) is 12.0. The molecule has 86 valence electrons. The van der Waals surface area contributed by atoms with E-state index < -0.39 is 0 Å². The van der Waals surface area contributed by atoms with Crippen LogP contribution in [0, 0.1) is 5.92 Å². The molecule has 0 saturated heterocycles. The highest BCUT2D eigenvalue weighted by atomic mass is 79.9. The fourth-order valence-electron chi connectivity index (χ4n) is 1.11. The van der Waals surface area contributed by atoms with E-state index in [-0.39, 0.29) is 5.91 Å². The van der Waals surface area contributed by atoms with Crippen LogP contribution >= 0.6 is 15.9 Å². The molecule has 0 aliphatic carbocycles. The molecule has 1 rings (SSSR count). The van der Waals surface area contributed by atoms with Gasteiger partial charge in [-0.2, -0.15) is 0 Å². The summed E-state index contributed by atoms with van der Waals surface area (Å²) in [5, 5.41) is 2.83. The van der Waals surface area contributed by atoms with Crippen LogP contribution in [0.5, 0.6) is 0 Å². The Hall–Kier alpha value is -1.09. The van der Waals surface area contributed by atoms with Gasteiger partial charge in [0.1, 0.15) is 0 Å². The summed E-state index contributed by atoms with van der Waals surface area (Å²) in [5.41, 5.74) is 1.02. The lowest BCUT2D eigenvalue weighted by molar-refractivity contribution is -0.116. The number of hydrogen-bond donors (Lipinski definition) is 1. The summed E-state index contributed by atoms with van der Waals surface area (Å²) in [7, 11) is 0. The van der Waals surface area contributed by atoms with Gasteiger partial charge in [-0.1, -0.05) is 41.9 Å². The highest BCUT2D eigenvalue weighted by Gasteiger charge is 1.97. The van der Waals surface area contributed by atoms with Crippen molar-refractivity contribution >= 4 is 27.9 Å². The first-order valence-corrected chi connectivity index (χ1v) is 6.08. The van der Waals surface area contributed by atoms with E-state index in [2.05, 4.69) is 35.1 Å². The van der Waals surface area contributed by atoms with Crippen LogP contribution in [0.25, 0.3) is 6.08 Å². The van der Waals surface area contributed by atoms with Gasteiger partial charge in [0.25, 0.3) is 0 Å². The molecule has 3 heteroatoms. The third kappa shape index (κ3) is 5.12. The number of halogens is 1. The van der Waals surface area contributed by atoms with Gasteiger partial charge >= 0.3 is 0 Å². The molecular formula is C13H16BrNO. The minimum absolute atomic E-state index is 0.0448. The van der Waals surface area contributed by atoms with E-state index in [9.17, 15) is 4.79 Å². The molecule has 0 spiro atoms. The molecule has 16 heavy (non-hydrogen) atoms. The number of hydrogen-bond acceptors (Lipinski definition) is 1. The van der Waals surface area contributed by atoms with E-state index in [1.807, 2.05) is 30.3 Å². The number of rotatable bonds is 4. The highest BCUT2D eigenvalue weighted by molar-refractivity contribution is 9.10. The summed E-state index contributed by atoms with van der Waals surface area (Å²) < 4.78 is 1.04. The summed E-state index contributed by atoms with van der Waals surface area (Å²) >= 11 is 3.36. The molecule has 0 unspecified atom stereocenters. The van der Waals surface area contributed by atoms with Crippen molar-refractivity contribution in [1.82, 2.24) is 5.32 Å². The third-order valence-corrected chi connectivity index (χ3v) is 2.51. The zero-order valence-corrected chi connectivity index (χ0v) is 11.1. The summed E-state index contributed by atoms with van der Waals surface area (Å²) in [6.07, 6.45) is 3.37. The molecule has 0 aromatic heterocycles. The lowest BCUT2D eigenvalue weighted by Crippen LogP contribution is -2.25. The van der Waals surface area contributed by atoms with Crippen molar-refractivity contribution in [2.45, 2.75) is 13.8 Å². The fraction of sp³-hybridized carbons (Fsp3) is 0.308. The summed E-state index contributed by atoms with van der Waals surface area (Å²) in [4.78, 5) is 11.4. The molecule has 0 aliphatic rings. The highest BCUT2D eigenvalue weighted by Crippen LogP contribution is 2.11. The second-order valence-electron chi connectivity index (χ2n) is 4.02. The van der Waals surface area contributed by atoms with Crippen LogP contribution in [0.4, 0.5) is 0 Å². The molecular weight excluding hydrogens is 266 g/mol. The van der Waals surface area contributed by atoms with Crippen molar-refractivity contribution in [3.63, 3.8) is 0 Å². The van der Waals surface area contributed by atoms with Gasteiger partial charge in [-0.3, -0.25) is 4.79 Å². The second kappa shape index (κ2) is 6.48. The lowest BCUT2D eigenvalue weighted by Gasteiger charge is -2.04. The quantitative estimate of drug-likeness (QED) is 0.844. The number of amides is 1. The maximum Gasteiger partial charge on any atom is 0.244 e. The van der Waals surface area contributed by atoms with Crippen molar-refractivity contribution in [2.75, 3.05) is 6.54 Å². The van der Waals surface area contributed by atoms with Crippen molar-refractivity contribution in [1.29, 1.82) is 0 Å². The Morgan fingerprint density at radius 1 is 1.38 bits per heavy atom. The molecule has 0 radical (unpaired) electrons. The second-order valence-corrected chi connectivity index (χ2v) is 4.94. The minimum Gasteiger partial charge on any atom is -0.352 e. The Bertz CT molecular complexity index is 368. The van der Waals surface area contributed by atoms with E-state index >= 15 is 0 Å². The Morgan fingerprint density at radius 2 is 2.00 bits per heavy atom. The fourth-order valence-corrected chi connectivity index (χ4v) is 1.37. The van der Waals surface area contributed by atoms with Crippen molar-refractivity contribution in [3.05, 3.63) is 40.4 Å². The summed E-state index contributed by atoms with van der Waals surface area (Å²) in [6.45, 7) is 4.85. The van der Waals surface area contributed by atoms with Gasteiger partial charge in [0, 0.05) is 17.1 Å². The lowest BCUT2D eigenvalue weighted by atomic mass is 10.2. The molecule has 0 fully saturated rings. The number of carbonyl (C=O) groups is 1. The van der Waals surface area contributed by atoms with Gasteiger partial charge in [0.15, 0.2) is 0 Å². The van der Waals surface area contributed by atoms with Gasteiger partial charge in [0.05, 0.1) is 0 Å². The molecule has 1 N–H and O–H groups in total. The number of carbonyl (C=O) groups excluding carboxylic acids is 1. The van der Waals surface area contributed by atoms with Crippen LogP contribution in [0.3, 0.4) is 0 Å². The number of nitrogens with one attached hydrogen (secondary N) is 1. The van der Waals surface area contributed by atoms with E-state index in [0.29, 0.717) is 12.5 Å². The van der Waals surface area contributed by atoms with Gasteiger partial charge in [-0.15, -0.1) is 0 Å². The van der Waals surface area contributed by atoms with Gasteiger partial charge in [0.2, 0.25) is 5.91 Å². The van der Waals surface area contributed by atoms with Crippen LogP contribution in [0.15, 0.2) is 34.8 Å². The number of benzene rings is 1. The van der Waals surface area contributed by atoms with Crippen LogP contribution in [0.1, 0.15) is 19.4 Å². The molecule has 0 bridgehead atoms. The van der Waals surface area contributed by atoms with E-state index in [4.69, 9.17) is 0 Å². The maximum atomic E-state index is 11.4. The van der Waals surface area contributed by atoms with Crippen LogP contribution in [-0.2, 0) is 4.79 Å². The topological polar surface area (TPSA) is 29.1 Å². The smallest absolute Gasteiger partial charge is 0.244 e. The average molecular weight is 282 g/mol. The van der Waals surface area contributed by atoms with E-state index in [1.54, 1.807) is 6.08 Å². The molecule has 1 amide bonds. The monoisotopic (exact) mass is 281 g/mol. The standard InChI is InChI=1S/C13H16BrNO/c1-10(2)9-15-13(16)8-5-11-3-6-12(14)7-4-11/h3-8,10H,9H2,1-2H3,(H,15,16). The SMILES string of the molecule is CC(C)CNC(=O)C=Cc1ccc(Br)cc1. The third-order valence-electron chi connectivity index (χ3n) is 1.98. The molecule has 0 heterocycles. The summed E-state index contributed by atoms with van der Waals surface area (Å²) in [5.74, 6) is 0.432. The first kappa shape index (κ1) is 13.0. The molecule has 0 aliphatic heterocycles. The Kier molecular flexibility index (Phi) is 5.26. The largest absolute Gasteiger partial charge is 0.352 e. The minimum atomic E-state index is -0.0448. The van der Waals surface area contributed by atoms with E-state index in [0.717, 1.165) is 10.0 Å². The molecule has 0 atom stereocenters. The molecule has 1 aromatic carbocycles. The Balaban J connectivity index is 2.47. The van der Waals surface area contributed by atoms with Crippen molar-refractivity contribution < 1.29 is 4.79 Å². The Morgan fingerprint density at radius 3 is 2.56 bits per heavy atom. The maximum absolute atomic E-state index is 11.4. The van der Waals surface area contributed by atoms with E-state index in [1.165, 1.54) is 0 Å². The van der Waals surface area contributed by atoms with Gasteiger partial charge in [-0.05, 0) is 29.7 Å². The van der Waals surface area contributed by atoms with Crippen molar-refractivity contribution in [2.24, 2.45) is 5.92 Å². The molecule has 1 aromatic rings. The summed E-state index contributed by atoms with van der Waals surface area (Å²) in [6, 6.07) is 7.81. The van der Waals surface area contributed by atoms with Gasteiger partial charge < -0.3 is 5.32 Å². The predicted octanol–water partition coefficient (Wildman–Crippen LogP) is 3.23. The Labute approximate surface area is 105 Å². The zero-order valence-electron chi connectivity index (χ0n) is 9.53.